The average molecular weight is 213 g/mol. The van der Waals surface area contributed by atoms with E-state index < -0.39 is 5.97 Å². The Hall–Kier alpha value is -1.06. The fourth-order valence-corrected chi connectivity index (χ4v) is 2.06. The molecule has 1 amide bonds. The third-order valence-electron chi connectivity index (χ3n) is 2.77. The molecule has 15 heavy (non-hydrogen) atoms. The molecule has 1 saturated carbocycles. The maximum Gasteiger partial charge on any atom is 0.308 e. The van der Waals surface area contributed by atoms with Crippen LogP contribution in [0.1, 0.15) is 39.5 Å². The van der Waals surface area contributed by atoms with Crippen molar-refractivity contribution < 1.29 is 14.7 Å². The SMILES string of the molecule is CC(C)CC(=O)NC1CCCC1C(=O)O. The number of hydrogen-bond acceptors (Lipinski definition) is 2. The summed E-state index contributed by atoms with van der Waals surface area (Å²) in [6, 6.07) is -0.159. The smallest absolute Gasteiger partial charge is 0.308 e. The summed E-state index contributed by atoms with van der Waals surface area (Å²) in [6.07, 6.45) is 2.84. The molecular formula is C11H19NO3. The molecule has 86 valence electrons. The van der Waals surface area contributed by atoms with Crippen molar-refractivity contribution in [3.63, 3.8) is 0 Å². The van der Waals surface area contributed by atoms with E-state index in [1.165, 1.54) is 0 Å². The summed E-state index contributed by atoms with van der Waals surface area (Å²) >= 11 is 0. The Kier molecular flexibility index (Phi) is 4.12. The van der Waals surface area contributed by atoms with Crippen molar-refractivity contribution in [2.24, 2.45) is 11.8 Å². The van der Waals surface area contributed by atoms with Crippen molar-refractivity contribution in [2.45, 2.75) is 45.6 Å². The van der Waals surface area contributed by atoms with Crippen LogP contribution >= 0.6 is 0 Å². The summed E-state index contributed by atoms with van der Waals surface area (Å²) in [5.74, 6) is -0.888. The van der Waals surface area contributed by atoms with E-state index in [4.69, 9.17) is 5.11 Å². The zero-order valence-corrected chi connectivity index (χ0v) is 9.32. The third kappa shape index (κ3) is 3.53. The minimum Gasteiger partial charge on any atom is -0.481 e. The topological polar surface area (TPSA) is 66.4 Å². The lowest BCUT2D eigenvalue weighted by atomic mass is 10.0. The number of nitrogens with one attached hydrogen (secondary N) is 1. The molecule has 1 aliphatic rings. The van der Waals surface area contributed by atoms with Crippen LogP contribution in [0, 0.1) is 11.8 Å². The predicted octanol–water partition coefficient (Wildman–Crippen LogP) is 1.40. The van der Waals surface area contributed by atoms with E-state index in [1.807, 2.05) is 13.8 Å². The first-order chi connectivity index (χ1) is 7.00. The molecule has 0 saturated heterocycles. The molecule has 4 nitrogen and oxygen atoms in total. The van der Waals surface area contributed by atoms with Crippen LogP contribution < -0.4 is 5.32 Å². The second-order valence-electron chi connectivity index (χ2n) is 4.65. The van der Waals surface area contributed by atoms with Gasteiger partial charge in [0.15, 0.2) is 0 Å². The Morgan fingerprint density at radius 2 is 2.07 bits per heavy atom. The minimum absolute atomic E-state index is 0.0249. The van der Waals surface area contributed by atoms with Crippen LogP contribution in [0.3, 0.4) is 0 Å². The van der Waals surface area contributed by atoms with Crippen molar-refractivity contribution in [1.82, 2.24) is 5.32 Å². The van der Waals surface area contributed by atoms with Crippen LogP contribution in [-0.4, -0.2) is 23.0 Å². The normalized spacial score (nSPS) is 25.5. The fourth-order valence-electron chi connectivity index (χ4n) is 2.06. The summed E-state index contributed by atoms with van der Waals surface area (Å²) in [7, 11) is 0. The van der Waals surface area contributed by atoms with Crippen LogP contribution in [-0.2, 0) is 9.59 Å². The van der Waals surface area contributed by atoms with Crippen molar-refractivity contribution in [2.75, 3.05) is 0 Å². The standard InChI is InChI=1S/C11H19NO3/c1-7(2)6-10(13)12-9-5-3-4-8(9)11(14)15/h7-9H,3-6H2,1-2H3,(H,12,13)(H,14,15). The van der Waals surface area contributed by atoms with Gasteiger partial charge >= 0.3 is 5.97 Å². The summed E-state index contributed by atoms with van der Waals surface area (Å²) in [5.41, 5.74) is 0. The molecule has 2 unspecified atom stereocenters. The van der Waals surface area contributed by atoms with Gasteiger partial charge in [-0.3, -0.25) is 9.59 Å². The maximum atomic E-state index is 11.5. The van der Waals surface area contributed by atoms with Gasteiger partial charge in [-0.05, 0) is 18.8 Å². The molecule has 0 spiro atoms. The van der Waals surface area contributed by atoms with Crippen LogP contribution in [0.2, 0.25) is 0 Å². The molecule has 0 aromatic carbocycles. The zero-order valence-electron chi connectivity index (χ0n) is 9.32. The number of carbonyl (C=O) groups excluding carboxylic acids is 1. The number of rotatable bonds is 4. The van der Waals surface area contributed by atoms with Gasteiger partial charge in [-0.15, -0.1) is 0 Å². The number of aliphatic carboxylic acids is 1. The highest BCUT2D eigenvalue weighted by Gasteiger charge is 2.33. The molecular weight excluding hydrogens is 194 g/mol. The average Bonchev–Trinajstić information content (AvgIpc) is 2.50. The van der Waals surface area contributed by atoms with Crippen molar-refractivity contribution in [3.05, 3.63) is 0 Å². The Morgan fingerprint density at radius 3 is 2.60 bits per heavy atom. The molecule has 2 atom stereocenters. The molecule has 0 aliphatic heterocycles. The number of hydrogen-bond donors (Lipinski definition) is 2. The molecule has 1 aliphatic carbocycles. The van der Waals surface area contributed by atoms with Gasteiger partial charge in [0, 0.05) is 12.5 Å². The van der Waals surface area contributed by atoms with Gasteiger partial charge in [0.25, 0.3) is 0 Å². The Morgan fingerprint density at radius 1 is 1.40 bits per heavy atom. The lowest BCUT2D eigenvalue weighted by molar-refractivity contribution is -0.142. The Bertz CT molecular complexity index is 250. The van der Waals surface area contributed by atoms with E-state index in [2.05, 4.69) is 5.32 Å². The van der Waals surface area contributed by atoms with Crippen molar-refractivity contribution >= 4 is 11.9 Å². The molecule has 0 radical (unpaired) electrons. The van der Waals surface area contributed by atoms with Crippen LogP contribution in [0.5, 0.6) is 0 Å². The molecule has 0 heterocycles. The summed E-state index contributed by atoms with van der Waals surface area (Å²) in [5, 5.41) is 11.7. The number of carbonyl (C=O) groups is 2. The van der Waals surface area contributed by atoms with Crippen LogP contribution in [0.15, 0.2) is 0 Å². The van der Waals surface area contributed by atoms with E-state index in [-0.39, 0.29) is 17.9 Å². The molecule has 2 N–H and O–H groups in total. The highest BCUT2D eigenvalue weighted by molar-refractivity contribution is 5.78. The molecule has 4 heteroatoms. The quantitative estimate of drug-likeness (QED) is 0.741. The molecule has 0 aromatic heterocycles. The first kappa shape index (κ1) is 12.0. The number of amides is 1. The second-order valence-corrected chi connectivity index (χ2v) is 4.65. The highest BCUT2D eigenvalue weighted by Crippen LogP contribution is 2.25. The minimum atomic E-state index is -0.789. The van der Waals surface area contributed by atoms with Gasteiger partial charge < -0.3 is 10.4 Å². The fraction of sp³-hybridized carbons (Fsp3) is 0.818. The van der Waals surface area contributed by atoms with Gasteiger partial charge in [0.1, 0.15) is 0 Å². The van der Waals surface area contributed by atoms with E-state index in [0.717, 1.165) is 12.8 Å². The molecule has 0 bridgehead atoms. The highest BCUT2D eigenvalue weighted by atomic mass is 16.4. The zero-order chi connectivity index (χ0) is 11.4. The monoisotopic (exact) mass is 213 g/mol. The lowest BCUT2D eigenvalue weighted by Crippen LogP contribution is -2.40. The van der Waals surface area contributed by atoms with Gasteiger partial charge in [0.2, 0.25) is 5.91 Å². The summed E-state index contributed by atoms with van der Waals surface area (Å²) < 4.78 is 0. The van der Waals surface area contributed by atoms with Gasteiger partial charge in [0.05, 0.1) is 5.92 Å². The predicted molar refractivity (Wildman–Crippen MR) is 56.4 cm³/mol. The first-order valence-corrected chi connectivity index (χ1v) is 5.53. The molecule has 0 aromatic rings. The van der Waals surface area contributed by atoms with Crippen LogP contribution in [0.4, 0.5) is 0 Å². The summed E-state index contributed by atoms with van der Waals surface area (Å²) in [6.45, 7) is 3.95. The Labute approximate surface area is 90.0 Å². The molecule has 1 rings (SSSR count). The van der Waals surface area contributed by atoms with E-state index in [9.17, 15) is 9.59 Å². The third-order valence-corrected chi connectivity index (χ3v) is 2.77. The summed E-state index contributed by atoms with van der Waals surface area (Å²) in [4.78, 5) is 22.3. The first-order valence-electron chi connectivity index (χ1n) is 5.53. The Balaban J connectivity index is 2.43. The lowest BCUT2D eigenvalue weighted by Gasteiger charge is -2.18. The van der Waals surface area contributed by atoms with Gasteiger partial charge in [-0.1, -0.05) is 20.3 Å². The van der Waals surface area contributed by atoms with E-state index >= 15 is 0 Å². The van der Waals surface area contributed by atoms with Crippen molar-refractivity contribution in [3.8, 4) is 0 Å². The van der Waals surface area contributed by atoms with E-state index in [0.29, 0.717) is 18.8 Å². The van der Waals surface area contributed by atoms with E-state index in [1.54, 1.807) is 0 Å². The van der Waals surface area contributed by atoms with Gasteiger partial charge in [-0.25, -0.2) is 0 Å². The van der Waals surface area contributed by atoms with Gasteiger partial charge in [-0.2, -0.15) is 0 Å². The largest absolute Gasteiger partial charge is 0.481 e. The van der Waals surface area contributed by atoms with Crippen LogP contribution in [0.25, 0.3) is 0 Å². The molecule has 1 fully saturated rings. The maximum absolute atomic E-state index is 11.5. The number of carboxylic acid groups (broad SMARTS) is 1. The van der Waals surface area contributed by atoms with Crippen molar-refractivity contribution in [1.29, 1.82) is 0 Å². The second kappa shape index (κ2) is 5.14. The number of carboxylic acids is 1.